The molecule has 0 aliphatic carbocycles. The average molecular weight is 313 g/mol. The number of carbonyl (C=O) groups excluding carboxylic acids is 1. The minimum Gasteiger partial charge on any atom is -0.342 e. The first kappa shape index (κ1) is 15.6. The molecule has 0 spiro atoms. The number of aryl methyl sites for hydroxylation is 2. The lowest BCUT2D eigenvalue weighted by molar-refractivity contribution is -0.132. The number of aromatic nitrogens is 4. The van der Waals surface area contributed by atoms with Gasteiger partial charge in [-0.05, 0) is 31.7 Å². The Balaban J connectivity index is 1.58. The molecule has 1 aliphatic rings. The van der Waals surface area contributed by atoms with Crippen molar-refractivity contribution < 1.29 is 4.79 Å². The molecule has 2 aromatic rings. The number of rotatable bonds is 4. The lowest BCUT2D eigenvalue weighted by Gasteiger charge is -2.32. The summed E-state index contributed by atoms with van der Waals surface area (Å²) in [5.41, 5.74) is 3.28. The number of nitrogens with zero attached hydrogens (tertiary/aromatic N) is 5. The monoisotopic (exact) mass is 313 g/mol. The van der Waals surface area contributed by atoms with Crippen LogP contribution in [0, 0.1) is 6.92 Å². The van der Waals surface area contributed by atoms with E-state index < -0.39 is 0 Å². The fraction of sp³-hybridized carbons (Fsp3) is 0.529. The summed E-state index contributed by atoms with van der Waals surface area (Å²) in [5.74, 6) is 0.531. The Labute approximate surface area is 136 Å². The Morgan fingerprint density at radius 2 is 2.22 bits per heavy atom. The van der Waals surface area contributed by atoms with Crippen LogP contribution in [-0.2, 0) is 18.3 Å². The summed E-state index contributed by atoms with van der Waals surface area (Å²) in [7, 11) is 1.93. The van der Waals surface area contributed by atoms with Crippen molar-refractivity contribution >= 4 is 5.91 Å². The maximum absolute atomic E-state index is 12.5. The third-order valence-corrected chi connectivity index (χ3v) is 4.72. The van der Waals surface area contributed by atoms with Crippen LogP contribution in [0.5, 0.6) is 0 Å². The van der Waals surface area contributed by atoms with Gasteiger partial charge < -0.3 is 4.90 Å². The van der Waals surface area contributed by atoms with Crippen LogP contribution in [0.15, 0.2) is 24.8 Å². The maximum atomic E-state index is 12.5. The number of piperidine rings is 1. The standard InChI is InChI=1S/C17H23N5O/c1-13-14(10-20-21(13)2)5-6-17(23)22-9-3-4-15(12-22)16-11-18-7-8-19-16/h7-8,10-11,15H,3-6,9,12H2,1-2H3/t15-/m0/s1. The first-order valence-corrected chi connectivity index (χ1v) is 8.16. The van der Waals surface area contributed by atoms with Gasteiger partial charge in [0.05, 0.1) is 11.9 Å². The molecule has 1 fully saturated rings. The summed E-state index contributed by atoms with van der Waals surface area (Å²) < 4.78 is 1.85. The van der Waals surface area contributed by atoms with Gasteiger partial charge in [0.25, 0.3) is 0 Å². The van der Waals surface area contributed by atoms with Crippen LogP contribution in [0.3, 0.4) is 0 Å². The molecule has 1 saturated heterocycles. The van der Waals surface area contributed by atoms with Crippen LogP contribution >= 0.6 is 0 Å². The van der Waals surface area contributed by atoms with Gasteiger partial charge in [0.2, 0.25) is 5.91 Å². The highest BCUT2D eigenvalue weighted by Crippen LogP contribution is 2.25. The predicted octanol–water partition coefficient (Wildman–Crippen LogP) is 1.86. The summed E-state index contributed by atoms with van der Waals surface area (Å²) in [5, 5.41) is 4.23. The summed E-state index contributed by atoms with van der Waals surface area (Å²) in [6.07, 6.45) is 10.5. The minimum atomic E-state index is 0.224. The molecule has 6 nitrogen and oxygen atoms in total. The van der Waals surface area contributed by atoms with Crippen molar-refractivity contribution in [3.63, 3.8) is 0 Å². The second-order valence-electron chi connectivity index (χ2n) is 6.19. The zero-order valence-corrected chi connectivity index (χ0v) is 13.8. The fourth-order valence-electron chi connectivity index (χ4n) is 3.16. The van der Waals surface area contributed by atoms with Crippen LogP contribution < -0.4 is 0 Å². The van der Waals surface area contributed by atoms with Crippen LogP contribution in [0.1, 0.15) is 42.1 Å². The Kier molecular flexibility index (Phi) is 4.69. The lowest BCUT2D eigenvalue weighted by Crippen LogP contribution is -2.39. The lowest BCUT2D eigenvalue weighted by atomic mass is 9.94. The molecule has 23 heavy (non-hydrogen) atoms. The van der Waals surface area contributed by atoms with Gasteiger partial charge in [0.15, 0.2) is 0 Å². The van der Waals surface area contributed by atoms with Gasteiger partial charge in [-0.15, -0.1) is 0 Å². The zero-order chi connectivity index (χ0) is 16.2. The van der Waals surface area contributed by atoms with E-state index in [0.29, 0.717) is 12.3 Å². The average Bonchev–Trinajstić information content (AvgIpc) is 2.92. The van der Waals surface area contributed by atoms with E-state index in [4.69, 9.17) is 0 Å². The first-order chi connectivity index (χ1) is 11.1. The van der Waals surface area contributed by atoms with Crippen molar-refractivity contribution in [2.24, 2.45) is 7.05 Å². The molecular formula is C17H23N5O. The van der Waals surface area contributed by atoms with E-state index in [1.54, 1.807) is 12.4 Å². The molecule has 0 N–H and O–H groups in total. The van der Waals surface area contributed by atoms with Gasteiger partial charge in [0, 0.05) is 56.8 Å². The second kappa shape index (κ2) is 6.89. The van der Waals surface area contributed by atoms with Crippen LogP contribution in [0.2, 0.25) is 0 Å². The summed E-state index contributed by atoms with van der Waals surface area (Å²) in [6, 6.07) is 0. The highest BCUT2D eigenvalue weighted by molar-refractivity contribution is 5.76. The van der Waals surface area contributed by atoms with E-state index in [1.807, 2.05) is 35.9 Å². The Hall–Kier alpha value is -2.24. The third-order valence-electron chi connectivity index (χ3n) is 4.72. The second-order valence-corrected chi connectivity index (χ2v) is 6.19. The number of likely N-dealkylation sites (tertiary alicyclic amines) is 1. The van der Waals surface area contributed by atoms with Gasteiger partial charge in [-0.3, -0.25) is 19.4 Å². The molecule has 0 saturated carbocycles. The highest BCUT2D eigenvalue weighted by Gasteiger charge is 2.25. The van der Waals surface area contributed by atoms with Crippen molar-refractivity contribution in [1.82, 2.24) is 24.6 Å². The van der Waals surface area contributed by atoms with Gasteiger partial charge in [-0.2, -0.15) is 5.10 Å². The summed E-state index contributed by atoms with van der Waals surface area (Å²) in [4.78, 5) is 23.0. The van der Waals surface area contributed by atoms with Crippen molar-refractivity contribution in [3.05, 3.63) is 41.7 Å². The van der Waals surface area contributed by atoms with E-state index in [1.165, 1.54) is 0 Å². The molecule has 0 aromatic carbocycles. The molecule has 1 amide bonds. The smallest absolute Gasteiger partial charge is 0.222 e. The van der Waals surface area contributed by atoms with E-state index in [9.17, 15) is 4.79 Å². The molecule has 0 unspecified atom stereocenters. The van der Waals surface area contributed by atoms with E-state index >= 15 is 0 Å². The van der Waals surface area contributed by atoms with Gasteiger partial charge in [0.1, 0.15) is 0 Å². The zero-order valence-electron chi connectivity index (χ0n) is 13.8. The molecule has 0 bridgehead atoms. The van der Waals surface area contributed by atoms with Crippen LogP contribution in [-0.4, -0.2) is 43.6 Å². The number of amides is 1. The maximum Gasteiger partial charge on any atom is 0.222 e. The largest absolute Gasteiger partial charge is 0.342 e. The molecule has 6 heteroatoms. The fourth-order valence-corrected chi connectivity index (χ4v) is 3.16. The molecule has 0 radical (unpaired) electrons. The molecular weight excluding hydrogens is 290 g/mol. The summed E-state index contributed by atoms with van der Waals surface area (Å²) in [6.45, 7) is 3.64. The van der Waals surface area contributed by atoms with E-state index in [-0.39, 0.29) is 5.91 Å². The Morgan fingerprint density at radius 1 is 1.35 bits per heavy atom. The van der Waals surface area contributed by atoms with Gasteiger partial charge >= 0.3 is 0 Å². The topological polar surface area (TPSA) is 63.9 Å². The number of hydrogen-bond donors (Lipinski definition) is 0. The Bertz CT molecular complexity index is 667. The van der Waals surface area contributed by atoms with Crippen LogP contribution in [0.4, 0.5) is 0 Å². The SMILES string of the molecule is Cc1c(CCC(=O)N2CCC[C@H](c3cnccn3)C2)cnn1C. The highest BCUT2D eigenvalue weighted by atomic mass is 16.2. The van der Waals surface area contributed by atoms with Crippen molar-refractivity contribution in [3.8, 4) is 0 Å². The molecule has 1 atom stereocenters. The normalized spacial score (nSPS) is 18.2. The van der Waals surface area contributed by atoms with Gasteiger partial charge in [-0.1, -0.05) is 0 Å². The van der Waals surface area contributed by atoms with Gasteiger partial charge in [-0.25, -0.2) is 0 Å². The quantitative estimate of drug-likeness (QED) is 0.864. The molecule has 3 rings (SSSR count). The molecule has 2 aromatic heterocycles. The molecule has 1 aliphatic heterocycles. The number of carbonyl (C=O) groups is 1. The van der Waals surface area contributed by atoms with E-state index in [2.05, 4.69) is 15.1 Å². The van der Waals surface area contributed by atoms with Crippen LogP contribution in [0.25, 0.3) is 0 Å². The predicted molar refractivity (Wildman–Crippen MR) is 86.9 cm³/mol. The Morgan fingerprint density at radius 3 is 2.91 bits per heavy atom. The summed E-state index contributed by atoms with van der Waals surface area (Å²) >= 11 is 0. The molecule has 122 valence electrons. The number of hydrogen-bond acceptors (Lipinski definition) is 4. The molecule has 3 heterocycles. The first-order valence-electron chi connectivity index (χ1n) is 8.16. The third kappa shape index (κ3) is 3.57. The van der Waals surface area contributed by atoms with E-state index in [0.717, 1.165) is 49.3 Å². The van der Waals surface area contributed by atoms with Crippen molar-refractivity contribution in [1.29, 1.82) is 0 Å². The minimum absolute atomic E-state index is 0.224. The van der Waals surface area contributed by atoms with Crippen molar-refractivity contribution in [2.45, 2.75) is 38.5 Å². The van der Waals surface area contributed by atoms with Crippen molar-refractivity contribution in [2.75, 3.05) is 13.1 Å².